The first-order chi connectivity index (χ1) is 10.3. The first-order valence-electron chi connectivity index (χ1n) is 6.71. The third kappa shape index (κ3) is 3.00. The minimum Gasteiger partial charge on any atom is -0.368 e. The molecule has 3 aromatic rings. The maximum atomic E-state index is 12.1. The first kappa shape index (κ1) is 13.1. The minimum absolute atomic E-state index is 0.185. The van der Waals surface area contributed by atoms with Gasteiger partial charge in [-0.2, -0.15) is 5.10 Å². The molecule has 3 N–H and O–H groups in total. The van der Waals surface area contributed by atoms with E-state index in [0.29, 0.717) is 18.8 Å². The lowest BCUT2D eigenvalue weighted by Gasteiger charge is -2.06. The Kier molecular flexibility index (Phi) is 3.77. The first-order valence-corrected chi connectivity index (χ1v) is 6.71. The monoisotopic (exact) mass is 281 g/mol. The molecule has 0 saturated heterocycles. The highest BCUT2D eigenvalue weighted by Crippen LogP contribution is 2.14. The zero-order chi connectivity index (χ0) is 14.5. The molecule has 2 aromatic heterocycles. The molecule has 0 aliphatic heterocycles. The van der Waals surface area contributed by atoms with Gasteiger partial charge in [0.15, 0.2) is 5.69 Å². The van der Waals surface area contributed by atoms with Crippen LogP contribution in [0.5, 0.6) is 0 Å². The molecule has 0 unspecified atom stereocenters. The number of H-pyrrole nitrogens is 1. The summed E-state index contributed by atoms with van der Waals surface area (Å²) in [6.45, 7) is 1.10. The molecule has 21 heavy (non-hydrogen) atoms. The quantitative estimate of drug-likeness (QED) is 0.623. The van der Waals surface area contributed by atoms with E-state index >= 15 is 0 Å². The Morgan fingerprint density at radius 1 is 1.10 bits per heavy atom. The molecule has 1 amide bonds. The molecule has 1 aromatic carbocycles. The van der Waals surface area contributed by atoms with Crippen LogP contribution in [0.1, 0.15) is 10.5 Å². The molecule has 2 heterocycles. The number of benzene rings is 1. The van der Waals surface area contributed by atoms with E-state index < -0.39 is 0 Å². The Hall–Kier alpha value is -2.89. The molecule has 0 saturated carbocycles. The smallest absolute Gasteiger partial charge is 0.272 e. The van der Waals surface area contributed by atoms with E-state index in [1.807, 2.05) is 42.5 Å². The summed E-state index contributed by atoms with van der Waals surface area (Å²) in [6, 6.07) is 13.2. The van der Waals surface area contributed by atoms with Crippen LogP contribution in [0.15, 0.2) is 48.7 Å². The summed E-state index contributed by atoms with van der Waals surface area (Å²) in [4.78, 5) is 16.2. The Bertz CT molecular complexity index is 738. The fourth-order valence-corrected chi connectivity index (χ4v) is 2.05. The lowest BCUT2D eigenvalue weighted by Crippen LogP contribution is -2.29. The highest BCUT2D eigenvalue weighted by atomic mass is 16.1. The molecule has 6 heteroatoms. The SMILES string of the molecule is O=C(NCCNc1ccccn1)c1n[nH]c2ccccc12. The number of aromatic nitrogens is 3. The van der Waals surface area contributed by atoms with Gasteiger partial charge in [0, 0.05) is 24.7 Å². The summed E-state index contributed by atoms with van der Waals surface area (Å²) in [5, 5.41) is 13.7. The minimum atomic E-state index is -0.185. The van der Waals surface area contributed by atoms with Crippen molar-refractivity contribution in [2.45, 2.75) is 0 Å². The maximum absolute atomic E-state index is 12.1. The molecule has 0 spiro atoms. The summed E-state index contributed by atoms with van der Waals surface area (Å²) in [5.41, 5.74) is 1.28. The van der Waals surface area contributed by atoms with Crippen LogP contribution in [-0.4, -0.2) is 34.2 Å². The summed E-state index contributed by atoms with van der Waals surface area (Å²) in [5.74, 6) is 0.604. The summed E-state index contributed by atoms with van der Waals surface area (Å²) >= 11 is 0. The zero-order valence-corrected chi connectivity index (χ0v) is 11.3. The molecular formula is C15H15N5O. The molecule has 0 aliphatic rings. The third-order valence-electron chi connectivity index (χ3n) is 3.07. The van der Waals surface area contributed by atoms with Crippen molar-refractivity contribution in [3.8, 4) is 0 Å². The van der Waals surface area contributed by atoms with Gasteiger partial charge in [-0.05, 0) is 18.2 Å². The van der Waals surface area contributed by atoms with Gasteiger partial charge in [0.05, 0.1) is 5.52 Å². The number of fused-ring (bicyclic) bond motifs is 1. The highest BCUT2D eigenvalue weighted by molar-refractivity contribution is 6.04. The van der Waals surface area contributed by atoms with E-state index in [0.717, 1.165) is 16.7 Å². The fraction of sp³-hybridized carbons (Fsp3) is 0.133. The van der Waals surface area contributed by atoms with Gasteiger partial charge < -0.3 is 10.6 Å². The number of para-hydroxylation sites is 1. The lowest BCUT2D eigenvalue weighted by molar-refractivity contribution is 0.0952. The summed E-state index contributed by atoms with van der Waals surface area (Å²) in [7, 11) is 0. The number of carbonyl (C=O) groups excluding carboxylic acids is 1. The van der Waals surface area contributed by atoms with Crippen molar-refractivity contribution in [2.75, 3.05) is 18.4 Å². The van der Waals surface area contributed by atoms with Crippen LogP contribution in [0.2, 0.25) is 0 Å². The maximum Gasteiger partial charge on any atom is 0.272 e. The van der Waals surface area contributed by atoms with Gasteiger partial charge >= 0.3 is 0 Å². The number of nitrogens with zero attached hydrogens (tertiary/aromatic N) is 2. The van der Waals surface area contributed by atoms with Gasteiger partial charge in [0.1, 0.15) is 5.82 Å². The second kappa shape index (κ2) is 6.04. The van der Waals surface area contributed by atoms with Crippen molar-refractivity contribution in [1.29, 1.82) is 0 Å². The number of hydrogen-bond donors (Lipinski definition) is 3. The fourth-order valence-electron chi connectivity index (χ4n) is 2.05. The van der Waals surface area contributed by atoms with Gasteiger partial charge in [-0.25, -0.2) is 4.98 Å². The predicted molar refractivity (Wildman–Crippen MR) is 81.2 cm³/mol. The van der Waals surface area contributed by atoms with E-state index in [2.05, 4.69) is 25.8 Å². The van der Waals surface area contributed by atoms with E-state index in [9.17, 15) is 4.79 Å². The van der Waals surface area contributed by atoms with E-state index in [-0.39, 0.29) is 5.91 Å². The van der Waals surface area contributed by atoms with E-state index in [1.54, 1.807) is 6.20 Å². The van der Waals surface area contributed by atoms with Gasteiger partial charge in [-0.15, -0.1) is 0 Å². The second-order valence-electron chi connectivity index (χ2n) is 4.52. The number of nitrogens with one attached hydrogen (secondary N) is 3. The number of amides is 1. The Morgan fingerprint density at radius 3 is 2.81 bits per heavy atom. The summed E-state index contributed by atoms with van der Waals surface area (Å²) in [6.07, 6.45) is 1.72. The van der Waals surface area contributed by atoms with E-state index in [4.69, 9.17) is 0 Å². The lowest BCUT2D eigenvalue weighted by atomic mass is 10.2. The topological polar surface area (TPSA) is 82.7 Å². The number of aromatic amines is 1. The van der Waals surface area contributed by atoms with Crippen molar-refractivity contribution in [3.63, 3.8) is 0 Å². The van der Waals surface area contributed by atoms with Crippen molar-refractivity contribution in [3.05, 3.63) is 54.4 Å². The average molecular weight is 281 g/mol. The standard InChI is InChI=1S/C15H15N5O/c21-15(14-11-5-1-2-6-12(11)19-20-14)18-10-9-17-13-7-3-4-8-16-13/h1-8H,9-10H2,(H,16,17)(H,18,21)(H,19,20). The largest absolute Gasteiger partial charge is 0.368 e. The Morgan fingerprint density at radius 2 is 1.95 bits per heavy atom. The number of carbonyl (C=O) groups is 1. The van der Waals surface area contributed by atoms with Crippen molar-refractivity contribution >= 4 is 22.6 Å². The van der Waals surface area contributed by atoms with Crippen LogP contribution < -0.4 is 10.6 Å². The molecule has 0 aliphatic carbocycles. The van der Waals surface area contributed by atoms with Gasteiger partial charge in [-0.1, -0.05) is 24.3 Å². The van der Waals surface area contributed by atoms with Crippen LogP contribution in [0, 0.1) is 0 Å². The number of pyridine rings is 1. The van der Waals surface area contributed by atoms with Crippen LogP contribution in [-0.2, 0) is 0 Å². The average Bonchev–Trinajstić information content (AvgIpc) is 2.96. The predicted octanol–water partition coefficient (Wildman–Crippen LogP) is 1.80. The van der Waals surface area contributed by atoms with Crippen LogP contribution in [0.4, 0.5) is 5.82 Å². The molecular weight excluding hydrogens is 266 g/mol. The van der Waals surface area contributed by atoms with E-state index in [1.165, 1.54) is 0 Å². The highest BCUT2D eigenvalue weighted by Gasteiger charge is 2.12. The van der Waals surface area contributed by atoms with Crippen LogP contribution >= 0.6 is 0 Å². The molecule has 0 fully saturated rings. The Balaban J connectivity index is 1.55. The van der Waals surface area contributed by atoms with Crippen molar-refractivity contribution < 1.29 is 4.79 Å². The molecule has 0 bridgehead atoms. The summed E-state index contributed by atoms with van der Waals surface area (Å²) < 4.78 is 0. The normalized spacial score (nSPS) is 10.5. The number of rotatable bonds is 5. The molecule has 6 nitrogen and oxygen atoms in total. The van der Waals surface area contributed by atoms with Crippen molar-refractivity contribution in [1.82, 2.24) is 20.5 Å². The Labute approximate surface area is 121 Å². The van der Waals surface area contributed by atoms with Crippen LogP contribution in [0.3, 0.4) is 0 Å². The van der Waals surface area contributed by atoms with Gasteiger partial charge in [0.2, 0.25) is 0 Å². The molecule has 106 valence electrons. The van der Waals surface area contributed by atoms with Gasteiger partial charge in [0.25, 0.3) is 5.91 Å². The molecule has 0 radical (unpaired) electrons. The second-order valence-corrected chi connectivity index (χ2v) is 4.52. The zero-order valence-electron chi connectivity index (χ0n) is 11.3. The van der Waals surface area contributed by atoms with Crippen LogP contribution in [0.25, 0.3) is 10.9 Å². The third-order valence-corrected chi connectivity index (χ3v) is 3.07. The number of hydrogen-bond acceptors (Lipinski definition) is 4. The van der Waals surface area contributed by atoms with Gasteiger partial charge in [-0.3, -0.25) is 9.89 Å². The van der Waals surface area contributed by atoms with Crippen molar-refractivity contribution in [2.24, 2.45) is 0 Å². The molecule has 0 atom stereocenters. The molecule has 3 rings (SSSR count). The number of anilines is 1.